The lowest BCUT2D eigenvalue weighted by Gasteiger charge is -2.07. The number of carbonyl (C=O) groups is 1. The van der Waals surface area contributed by atoms with E-state index in [2.05, 4.69) is 25.6 Å². The molecular formula is C15H14N6O. The van der Waals surface area contributed by atoms with Crippen molar-refractivity contribution in [2.45, 2.75) is 6.54 Å². The van der Waals surface area contributed by atoms with Crippen molar-refractivity contribution in [1.29, 1.82) is 0 Å². The lowest BCUT2D eigenvalue weighted by molar-refractivity contribution is 0.251. The minimum atomic E-state index is -0.285. The Morgan fingerprint density at radius 3 is 2.77 bits per heavy atom. The number of anilines is 1. The van der Waals surface area contributed by atoms with Crippen molar-refractivity contribution in [3.63, 3.8) is 0 Å². The second kappa shape index (κ2) is 6.49. The number of nitrogens with one attached hydrogen (secondary N) is 2. The Morgan fingerprint density at radius 1 is 1.14 bits per heavy atom. The summed E-state index contributed by atoms with van der Waals surface area (Å²) in [5, 5.41) is 5.47. The molecule has 3 rings (SSSR count). The normalized spacial score (nSPS) is 10.2. The first-order valence-corrected chi connectivity index (χ1v) is 6.69. The number of urea groups is 1. The van der Waals surface area contributed by atoms with Crippen LogP contribution in [0.4, 0.5) is 10.5 Å². The highest BCUT2D eigenvalue weighted by atomic mass is 16.2. The first-order chi connectivity index (χ1) is 10.8. The Morgan fingerprint density at radius 2 is 2.09 bits per heavy atom. The van der Waals surface area contributed by atoms with E-state index in [4.69, 9.17) is 0 Å². The summed E-state index contributed by atoms with van der Waals surface area (Å²) in [5.74, 6) is 0.779. The van der Waals surface area contributed by atoms with E-state index in [-0.39, 0.29) is 6.03 Å². The van der Waals surface area contributed by atoms with Crippen LogP contribution < -0.4 is 10.6 Å². The van der Waals surface area contributed by atoms with Gasteiger partial charge in [-0.1, -0.05) is 6.07 Å². The quantitative estimate of drug-likeness (QED) is 0.770. The van der Waals surface area contributed by atoms with Crippen molar-refractivity contribution in [2.75, 3.05) is 5.32 Å². The number of hydrogen-bond acceptors (Lipinski definition) is 4. The van der Waals surface area contributed by atoms with E-state index >= 15 is 0 Å². The van der Waals surface area contributed by atoms with Crippen LogP contribution in [0.3, 0.4) is 0 Å². The Labute approximate surface area is 127 Å². The van der Waals surface area contributed by atoms with Crippen molar-refractivity contribution in [3.05, 3.63) is 67.1 Å². The number of aromatic nitrogens is 4. The lowest BCUT2D eigenvalue weighted by atomic mass is 10.3. The van der Waals surface area contributed by atoms with Gasteiger partial charge in [0, 0.05) is 31.3 Å². The van der Waals surface area contributed by atoms with Crippen LogP contribution in [0, 0.1) is 0 Å². The minimum absolute atomic E-state index is 0.285. The number of imidazole rings is 1. The maximum absolute atomic E-state index is 11.8. The molecule has 0 fully saturated rings. The molecule has 0 atom stereocenters. The Kier molecular flexibility index (Phi) is 4.05. The molecule has 0 saturated heterocycles. The second-order valence-electron chi connectivity index (χ2n) is 4.54. The van der Waals surface area contributed by atoms with Crippen LogP contribution in [0.5, 0.6) is 0 Å². The van der Waals surface area contributed by atoms with Gasteiger partial charge in [-0.05, 0) is 23.8 Å². The maximum atomic E-state index is 11.8. The standard InChI is InChI=1S/C15H14N6O/c22-15(20-13-2-1-5-16-10-13)19-9-12-3-4-14(18-8-12)21-7-6-17-11-21/h1-8,10-11H,9H2,(H2,19,20,22). The molecule has 2 N–H and O–H groups in total. The number of pyridine rings is 2. The molecule has 3 aromatic heterocycles. The number of nitrogens with zero attached hydrogens (tertiary/aromatic N) is 4. The van der Waals surface area contributed by atoms with Gasteiger partial charge in [0.2, 0.25) is 0 Å². The molecule has 0 spiro atoms. The molecule has 2 amide bonds. The van der Waals surface area contributed by atoms with E-state index in [1.807, 2.05) is 22.9 Å². The van der Waals surface area contributed by atoms with E-state index < -0.39 is 0 Å². The molecule has 3 heterocycles. The van der Waals surface area contributed by atoms with Crippen molar-refractivity contribution < 1.29 is 4.79 Å². The lowest BCUT2D eigenvalue weighted by Crippen LogP contribution is -2.28. The summed E-state index contributed by atoms with van der Waals surface area (Å²) in [7, 11) is 0. The van der Waals surface area contributed by atoms with Crippen LogP contribution in [0.25, 0.3) is 5.82 Å². The molecule has 0 aliphatic carbocycles. The van der Waals surface area contributed by atoms with Crippen LogP contribution in [0.1, 0.15) is 5.56 Å². The molecule has 0 unspecified atom stereocenters. The van der Waals surface area contributed by atoms with E-state index in [0.29, 0.717) is 12.2 Å². The molecule has 0 aliphatic rings. The SMILES string of the molecule is O=C(NCc1ccc(-n2ccnc2)nc1)Nc1cccnc1. The van der Waals surface area contributed by atoms with Crippen LogP contribution in [-0.2, 0) is 6.54 Å². The van der Waals surface area contributed by atoms with E-state index in [9.17, 15) is 4.79 Å². The third kappa shape index (κ3) is 3.45. The predicted octanol–water partition coefficient (Wildman–Crippen LogP) is 1.98. The number of amides is 2. The molecule has 7 nitrogen and oxygen atoms in total. The third-order valence-corrected chi connectivity index (χ3v) is 2.95. The Bertz CT molecular complexity index is 724. The molecule has 110 valence electrons. The first kappa shape index (κ1) is 13.7. The molecule has 7 heteroatoms. The monoisotopic (exact) mass is 294 g/mol. The van der Waals surface area contributed by atoms with Crippen LogP contribution >= 0.6 is 0 Å². The summed E-state index contributed by atoms with van der Waals surface area (Å²) in [6.07, 6.45) is 10.2. The highest BCUT2D eigenvalue weighted by Crippen LogP contribution is 2.06. The van der Waals surface area contributed by atoms with Gasteiger partial charge in [0.25, 0.3) is 0 Å². The fourth-order valence-electron chi connectivity index (χ4n) is 1.86. The minimum Gasteiger partial charge on any atom is -0.334 e. The zero-order valence-electron chi connectivity index (χ0n) is 11.7. The molecule has 0 saturated carbocycles. The molecule has 0 radical (unpaired) electrons. The fraction of sp³-hybridized carbons (Fsp3) is 0.0667. The zero-order chi connectivity index (χ0) is 15.2. The number of rotatable bonds is 4. The largest absolute Gasteiger partial charge is 0.334 e. The van der Waals surface area contributed by atoms with Crippen molar-refractivity contribution >= 4 is 11.7 Å². The molecule has 22 heavy (non-hydrogen) atoms. The first-order valence-electron chi connectivity index (χ1n) is 6.69. The van der Waals surface area contributed by atoms with Crippen molar-refractivity contribution in [1.82, 2.24) is 24.8 Å². The van der Waals surface area contributed by atoms with Gasteiger partial charge in [0.05, 0.1) is 11.9 Å². The van der Waals surface area contributed by atoms with Gasteiger partial charge in [-0.3, -0.25) is 9.55 Å². The van der Waals surface area contributed by atoms with Crippen LogP contribution in [0.2, 0.25) is 0 Å². The molecule has 0 bridgehead atoms. The fourth-order valence-corrected chi connectivity index (χ4v) is 1.86. The maximum Gasteiger partial charge on any atom is 0.319 e. The third-order valence-electron chi connectivity index (χ3n) is 2.95. The van der Waals surface area contributed by atoms with Gasteiger partial charge >= 0.3 is 6.03 Å². The average molecular weight is 294 g/mol. The summed E-state index contributed by atoms with van der Waals surface area (Å²) >= 11 is 0. The van der Waals surface area contributed by atoms with Crippen molar-refractivity contribution in [2.24, 2.45) is 0 Å². The smallest absolute Gasteiger partial charge is 0.319 e. The topological polar surface area (TPSA) is 84.7 Å². The molecule has 0 aromatic carbocycles. The number of carbonyl (C=O) groups excluding carboxylic acids is 1. The summed E-state index contributed by atoms with van der Waals surface area (Å²) in [4.78, 5) is 24.0. The molecular weight excluding hydrogens is 280 g/mol. The van der Waals surface area contributed by atoms with Gasteiger partial charge in [-0.2, -0.15) is 0 Å². The highest BCUT2D eigenvalue weighted by Gasteiger charge is 2.02. The summed E-state index contributed by atoms with van der Waals surface area (Å²) in [5.41, 5.74) is 1.55. The van der Waals surface area contributed by atoms with Crippen LogP contribution in [0.15, 0.2) is 61.6 Å². The van der Waals surface area contributed by atoms with Gasteiger partial charge < -0.3 is 10.6 Å². The molecule has 3 aromatic rings. The average Bonchev–Trinajstić information content (AvgIpc) is 3.09. The van der Waals surface area contributed by atoms with E-state index in [1.165, 1.54) is 0 Å². The van der Waals surface area contributed by atoms with Crippen LogP contribution in [-0.4, -0.2) is 25.6 Å². The molecule has 0 aliphatic heterocycles. The number of hydrogen-bond donors (Lipinski definition) is 2. The second-order valence-corrected chi connectivity index (χ2v) is 4.54. The van der Waals surface area contributed by atoms with Gasteiger partial charge in [0.15, 0.2) is 0 Å². The van der Waals surface area contributed by atoms with Gasteiger partial charge in [-0.15, -0.1) is 0 Å². The van der Waals surface area contributed by atoms with Gasteiger partial charge in [-0.25, -0.2) is 14.8 Å². The van der Waals surface area contributed by atoms with E-state index in [0.717, 1.165) is 11.4 Å². The van der Waals surface area contributed by atoms with E-state index in [1.54, 1.807) is 43.2 Å². The summed E-state index contributed by atoms with van der Waals surface area (Å²) in [6.45, 7) is 0.392. The zero-order valence-corrected chi connectivity index (χ0v) is 11.7. The van der Waals surface area contributed by atoms with Gasteiger partial charge in [0.1, 0.15) is 12.1 Å². The Balaban J connectivity index is 1.54. The highest BCUT2D eigenvalue weighted by molar-refractivity contribution is 5.88. The summed E-state index contributed by atoms with van der Waals surface area (Å²) in [6, 6.07) is 7.03. The predicted molar refractivity (Wildman–Crippen MR) is 81.5 cm³/mol. The Hall–Kier alpha value is -3.22. The summed E-state index contributed by atoms with van der Waals surface area (Å²) < 4.78 is 1.81. The van der Waals surface area contributed by atoms with Crippen molar-refractivity contribution in [3.8, 4) is 5.82 Å².